The first kappa shape index (κ1) is 24.9. The third kappa shape index (κ3) is 9.04. The molecular weight excluding hydrogens is 467 g/mol. The summed E-state index contributed by atoms with van der Waals surface area (Å²) in [5, 5.41) is 3.25. The first-order valence-corrected chi connectivity index (χ1v) is 10.2. The summed E-state index contributed by atoms with van der Waals surface area (Å²) in [7, 11) is 0.495. The number of nitrogens with one attached hydrogen (secondary N) is 2. The van der Waals surface area contributed by atoms with E-state index >= 15 is 0 Å². The van der Waals surface area contributed by atoms with Gasteiger partial charge in [0.05, 0.1) is 12.9 Å². The summed E-state index contributed by atoms with van der Waals surface area (Å²) in [5.74, 6) is 1.73. The van der Waals surface area contributed by atoms with Gasteiger partial charge in [0, 0.05) is 38.8 Å². The van der Waals surface area contributed by atoms with Crippen molar-refractivity contribution < 1.29 is 13.2 Å². The van der Waals surface area contributed by atoms with Crippen LogP contribution in [-0.2, 0) is 16.6 Å². The zero-order valence-corrected chi connectivity index (χ0v) is 19.1. The van der Waals surface area contributed by atoms with Crippen LogP contribution in [0.4, 0.5) is 0 Å². The van der Waals surface area contributed by atoms with Gasteiger partial charge in [-0.15, -0.1) is 24.0 Å². The van der Waals surface area contributed by atoms with Crippen molar-refractivity contribution in [1.29, 1.82) is 0 Å². The lowest BCUT2D eigenvalue weighted by Crippen LogP contribution is -2.38. The summed E-state index contributed by atoms with van der Waals surface area (Å²) in [6.45, 7) is 6.01. The number of hydrogen-bond acceptors (Lipinski definition) is 4. The topological polar surface area (TPSA) is 83.0 Å². The van der Waals surface area contributed by atoms with E-state index < -0.39 is 10.0 Å². The Morgan fingerprint density at radius 1 is 1.27 bits per heavy atom. The van der Waals surface area contributed by atoms with E-state index in [4.69, 9.17) is 4.74 Å². The van der Waals surface area contributed by atoms with Crippen LogP contribution >= 0.6 is 24.0 Å². The third-order valence-electron chi connectivity index (χ3n) is 3.59. The molecule has 0 spiro atoms. The summed E-state index contributed by atoms with van der Waals surface area (Å²) < 4.78 is 30.7. The molecule has 0 aliphatic rings. The van der Waals surface area contributed by atoms with Crippen molar-refractivity contribution in [2.45, 2.75) is 26.8 Å². The largest absolute Gasteiger partial charge is 0.496 e. The van der Waals surface area contributed by atoms with Crippen LogP contribution in [0.5, 0.6) is 5.75 Å². The van der Waals surface area contributed by atoms with E-state index in [-0.39, 0.29) is 29.7 Å². The van der Waals surface area contributed by atoms with Gasteiger partial charge in [0.1, 0.15) is 5.75 Å². The number of ether oxygens (including phenoxy) is 1. The number of guanidine groups is 1. The highest BCUT2D eigenvalue weighted by atomic mass is 127. The highest BCUT2D eigenvalue weighted by Crippen LogP contribution is 2.18. The smallest absolute Gasteiger partial charge is 0.211 e. The Bertz CT molecular complexity index is 653. The first-order chi connectivity index (χ1) is 11.9. The number of para-hydroxylation sites is 1. The van der Waals surface area contributed by atoms with Crippen molar-refractivity contribution in [2.75, 3.05) is 39.5 Å². The predicted molar refractivity (Wildman–Crippen MR) is 118 cm³/mol. The first-order valence-electron chi connectivity index (χ1n) is 8.52. The summed E-state index contributed by atoms with van der Waals surface area (Å²) in [6.07, 6.45) is 0.649. The molecule has 7 nitrogen and oxygen atoms in total. The Morgan fingerprint density at radius 3 is 2.58 bits per heavy atom. The molecule has 0 radical (unpaired) electrons. The molecule has 0 bridgehead atoms. The van der Waals surface area contributed by atoms with Crippen LogP contribution in [0.25, 0.3) is 0 Å². The van der Waals surface area contributed by atoms with Gasteiger partial charge in [0.25, 0.3) is 0 Å². The van der Waals surface area contributed by atoms with Crippen LogP contribution < -0.4 is 14.8 Å². The molecule has 2 N–H and O–H groups in total. The molecule has 1 aromatic carbocycles. The maximum Gasteiger partial charge on any atom is 0.211 e. The number of methoxy groups -OCH3 is 1. The highest BCUT2D eigenvalue weighted by Gasteiger charge is 2.10. The molecule has 0 fully saturated rings. The molecule has 0 heterocycles. The zero-order valence-electron chi connectivity index (χ0n) is 16.0. The molecular formula is C17H31IN4O3S. The minimum atomic E-state index is -3.13. The number of aliphatic imine (C=N–C) groups is 1. The normalized spacial score (nSPS) is 11.6. The minimum Gasteiger partial charge on any atom is -0.496 e. The third-order valence-corrected chi connectivity index (χ3v) is 5.00. The van der Waals surface area contributed by atoms with Gasteiger partial charge < -0.3 is 15.0 Å². The number of sulfonamides is 1. The lowest BCUT2D eigenvalue weighted by Gasteiger charge is -2.23. The molecule has 150 valence electrons. The van der Waals surface area contributed by atoms with E-state index in [0.717, 1.165) is 23.8 Å². The average molecular weight is 498 g/mol. The Labute approximate surface area is 174 Å². The molecule has 0 amide bonds. The van der Waals surface area contributed by atoms with Gasteiger partial charge in [0.15, 0.2) is 5.96 Å². The van der Waals surface area contributed by atoms with E-state index in [1.807, 2.05) is 43.1 Å². The van der Waals surface area contributed by atoms with Crippen LogP contribution in [0.3, 0.4) is 0 Å². The molecule has 0 unspecified atom stereocenters. The van der Waals surface area contributed by atoms with Crippen molar-refractivity contribution >= 4 is 40.0 Å². The Hall–Kier alpha value is -1.07. The van der Waals surface area contributed by atoms with Gasteiger partial charge in [0.2, 0.25) is 10.0 Å². The molecule has 9 heteroatoms. The second-order valence-corrected chi connectivity index (χ2v) is 7.65. The van der Waals surface area contributed by atoms with Gasteiger partial charge in [-0.3, -0.25) is 4.99 Å². The molecule has 0 saturated carbocycles. The van der Waals surface area contributed by atoms with Gasteiger partial charge in [-0.05, 0) is 26.3 Å². The van der Waals surface area contributed by atoms with E-state index in [0.29, 0.717) is 26.1 Å². The highest BCUT2D eigenvalue weighted by molar-refractivity contribution is 14.0. The van der Waals surface area contributed by atoms with Gasteiger partial charge >= 0.3 is 0 Å². The fraction of sp³-hybridized carbons (Fsp3) is 0.588. The maximum absolute atomic E-state index is 11.4. The number of hydrogen-bond donors (Lipinski definition) is 2. The minimum absolute atomic E-state index is 0. The number of nitrogens with zero attached hydrogens (tertiary/aromatic N) is 2. The van der Waals surface area contributed by atoms with Gasteiger partial charge in [-0.25, -0.2) is 13.1 Å². The summed E-state index contributed by atoms with van der Waals surface area (Å²) in [6, 6.07) is 7.89. The molecule has 0 aliphatic heterocycles. The quantitative estimate of drug-likeness (QED) is 0.223. The monoisotopic (exact) mass is 498 g/mol. The van der Waals surface area contributed by atoms with Crippen molar-refractivity contribution in [1.82, 2.24) is 14.9 Å². The van der Waals surface area contributed by atoms with E-state index in [1.54, 1.807) is 14.0 Å². The Kier molecular flexibility index (Phi) is 12.6. The van der Waals surface area contributed by atoms with Crippen LogP contribution in [-0.4, -0.2) is 58.8 Å². The fourth-order valence-electron chi connectivity index (χ4n) is 2.23. The van der Waals surface area contributed by atoms with Crippen molar-refractivity contribution in [3.63, 3.8) is 0 Å². The fourth-order valence-corrected chi connectivity index (χ4v) is 2.89. The summed E-state index contributed by atoms with van der Waals surface area (Å²) in [4.78, 5) is 6.59. The van der Waals surface area contributed by atoms with Gasteiger partial charge in [-0.2, -0.15) is 0 Å². The van der Waals surface area contributed by atoms with Crippen LogP contribution in [0, 0.1) is 0 Å². The summed E-state index contributed by atoms with van der Waals surface area (Å²) >= 11 is 0. The van der Waals surface area contributed by atoms with E-state index in [2.05, 4.69) is 15.0 Å². The number of benzene rings is 1. The number of rotatable bonds is 10. The Morgan fingerprint density at radius 2 is 1.96 bits per heavy atom. The molecule has 0 aliphatic carbocycles. The predicted octanol–water partition coefficient (Wildman–Crippen LogP) is 2.04. The lowest BCUT2D eigenvalue weighted by atomic mass is 10.2. The average Bonchev–Trinajstić information content (AvgIpc) is 2.60. The van der Waals surface area contributed by atoms with Crippen LogP contribution in [0.2, 0.25) is 0 Å². The standard InChI is InChI=1S/C17H30N4O3S.HI/c1-5-18-17(19-12-9-13-20-25(22,23)6-2)21(3)14-15-10-7-8-11-16(15)24-4;/h7-8,10-11,20H,5-6,9,12-14H2,1-4H3,(H,18,19);1H. The molecule has 1 aromatic rings. The van der Waals surface area contributed by atoms with Crippen molar-refractivity contribution in [3.05, 3.63) is 29.8 Å². The van der Waals surface area contributed by atoms with Crippen LogP contribution in [0.1, 0.15) is 25.8 Å². The Balaban J connectivity index is 0.00000625. The van der Waals surface area contributed by atoms with E-state index in [9.17, 15) is 8.42 Å². The molecule has 1 rings (SSSR count). The zero-order chi connectivity index (χ0) is 18.7. The van der Waals surface area contributed by atoms with E-state index in [1.165, 1.54) is 0 Å². The molecule has 26 heavy (non-hydrogen) atoms. The number of halogens is 1. The maximum atomic E-state index is 11.4. The summed E-state index contributed by atoms with van der Waals surface area (Å²) in [5.41, 5.74) is 1.08. The molecule has 0 saturated heterocycles. The molecule has 0 aromatic heterocycles. The second-order valence-electron chi connectivity index (χ2n) is 5.55. The SMILES string of the molecule is CCNC(=NCCCNS(=O)(=O)CC)N(C)Cc1ccccc1OC.I. The van der Waals surface area contributed by atoms with Crippen molar-refractivity contribution in [2.24, 2.45) is 4.99 Å². The van der Waals surface area contributed by atoms with Gasteiger partial charge in [-0.1, -0.05) is 18.2 Å². The van der Waals surface area contributed by atoms with Crippen molar-refractivity contribution in [3.8, 4) is 5.75 Å². The lowest BCUT2D eigenvalue weighted by molar-refractivity contribution is 0.396. The molecule has 0 atom stereocenters. The second kappa shape index (κ2) is 13.2. The van der Waals surface area contributed by atoms with Crippen LogP contribution in [0.15, 0.2) is 29.3 Å².